The Hall–Kier alpha value is -2.09. The van der Waals surface area contributed by atoms with Gasteiger partial charge in [0.15, 0.2) is 0 Å². The maximum Gasteiger partial charge on any atom is 0.264 e. The Morgan fingerprint density at radius 2 is 2.18 bits per heavy atom. The van der Waals surface area contributed by atoms with Gasteiger partial charge in [0.2, 0.25) is 5.95 Å². The van der Waals surface area contributed by atoms with Crippen molar-refractivity contribution in [1.82, 2.24) is 9.97 Å². The number of sulfonamides is 1. The molecule has 0 unspecified atom stereocenters. The van der Waals surface area contributed by atoms with Crippen LogP contribution in [0.4, 0.5) is 16.0 Å². The van der Waals surface area contributed by atoms with Crippen LogP contribution in [0.15, 0.2) is 35.5 Å². The Morgan fingerprint density at radius 1 is 1.41 bits per heavy atom. The quantitative estimate of drug-likeness (QED) is 0.711. The Bertz CT molecular complexity index is 624. The lowest BCUT2D eigenvalue weighted by atomic mass is 10.3. The molecule has 0 aliphatic rings. The molecule has 0 saturated carbocycles. The van der Waals surface area contributed by atoms with Crippen molar-refractivity contribution in [2.75, 3.05) is 10.5 Å². The molecule has 8 heteroatoms. The minimum absolute atomic E-state index is 0.0576. The second-order valence-electron chi connectivity index (χ2n) is 3.23. The van der Waals surface area contributed by atoms with Gasteiger partial charge in [0.25, 0.3) is 10.0 Å². The van der Waals surface area contributed by atoms with E-state index in [2.05, 4.69) is 14.7 Å². The molecule has 0 aliphatic carbocycles. The molecular weight excluding hydrogens is 247 g/mol. The topological polar surface area (TPSA) is 101 Å². The van der Waals surface area contributed by atoms with Gasteiger partial charge >= 0.3 is 0 Å². The number of nitrogens with zero attached hydrogens (tertiary/aromatic N) is 1. The third kappa shape index (κ3) is 2.36. The van der Waals surface area contributed by atoms with E-state index in [0.29, 0.717) is 0 Å². The summed E-state index contributed by atoms with van der Waals surface area (Å²) in [5.74, 6) is -0.727. The van der Waals surface area contributed by atoms with Crippen molar-refractivity contribution >= 4 is 21.7 Å². The normalized spacial score (nSPS) is 11.4. The largest absolute Gasteiger partial charge is 0.396 e. The number of anilines is 2. The third-order valence-electron chi connectivity index (χ3n) is 2.01. The fraction of sp³-hybridized carbons (Fsp3) is 0. The minimum atomic E-state index is -3.86. The standard InChI is InChI=1S/C9H9FN4O2S/c10-7-5-6(1-2-8(7)11)17(15,16)14-9-12-3-4-13-9/h1-5H,11H2,(H2,12,13,14). The molecule has 0 fully saturated rings. The van der Waals surface area contributed by atoms with Crippen molar-refractivity contribution in [3.63, 3.8) is 0 Å². The number of H-pyrrole nitrogens is 1. The predicted molar refractivity (Wildman–Crippen MR) is 60.2 cm³/mol. The number of nitrogen functional groups attached to an aromatic ring is 1. The van der Waals surface area contributed by atoms with E-state index in [-0.39, 0.29) is 16.5 Å². The number of hydrogen-bond donors (Lipinski definition) is 3. The van der Waals surface area contributed by atoms with Crippen LogP contribution >= 0.6 is 0 Å². The lowest BCUT2D eigenvalue weighted by Gasteiger charge is -2.06. The molecule has 0 aliphatic heterocycles. The van der Waals surface area contributed by atoms with Crippen LogP contribution in [0.3, 0.4) is 0 Å². The number of aromatic nitrogens is 2. The zero-order valence-electron chi connectivity index (χ0n) is 8.51. The number of hydrogen-bond acceptors (Lipinski definition) is 4. The summed E-state index contributed by atoms with van der Waals surface area (Å²) in [6.07, 6.45) is 2.85. The highest BCUT2D eigenvalue weighted by Gasteiger charge is 2.16. The molecule has 1 heterocycles. The summed E-state index contributed by atoms with van der Waals surface area (Å²) in [5, 5.41) is 0. The molecule has 2 rings (SSSR count). The van der Waals surface area contributed by atoms with Gasteiger partial charge in [-0.2, -0.15) is 0 Å². The van der Waals surface area contributed by atoms with Crippen molar-refractivity contribution in [2.45, 2.75) is 4.90 Å². The summed E-state index contributed by atoms with van der Waals surface area (Å²) in [6, 6.07) is 3.25. The Balaban J connectivity index is 2.35. The summed E-state index contributed by atoms with van der Waals surface area (Å²) in [5.41, 5.74) is 5.15. The maximum atomic E-state index is 13.1. The summed E-state index contributed by atoms with van der Waals surface area (Å²) in [7, 11) is -3.86. The number of aromatic amines is 1. The lowest BCUT2D eigenvalue weighted by molar-refractivity contribution is 0.596. The van der Waals surface area contributed by atoms with E-state index < -0.39 is 15.8 Å². The minimum Gasteiger partial charge on any atom is -0.396 e. The zero-order valence-corrected chi connectivity index (χ0v) is 9.33. The van der Waals surface area contributed by atoms with Gasteiger partial charge in [-0.25, -0.2) is 22.5 Å². The Labute approximate surface area is 96.7 Å². The molecule has 0 bridgehead atoms. The molecule has 0 spiro atoms. The molecule has 90 valence electrons. The predicted octanol–water partition coefficient (Wildman–Crippen LogP) is 0.932. The first-order valence-electron chi connectivity index (χ1n) is 4.56. The van der Waals surface area contributed by atoms with Crippen LogP contribution in [0.1, 0.15) is 0 Å². The third-order valence-corrected chi connectivity index (χ3v) is 3.35. The van der Waals surface area contributed by atoms with Gasteiger partial charge < -0.3 is 10.7 Å². The van der Waals surface area contributed by atoms with Crippen LogP contribution in [0.2, 0.25) is 0 Å². The van der Waals surface area contributed by atoms with Crippen LogP contribution < -0.4 is 10.5 Å². The van der Waals surface area contributed by atoms with Gasteiger partial charge in [0, 0.05) is 12.4 Å². The number of benzene rings is 1. The van der Waals surface area contributed by atoms with E-state index in [1.165, 1.54) is 24.5 Å². The second-order valence-corrected chi connectivity index (χ2v) is 4.91. The van der Waals surface area contributed by atoms with Crippen LogP contribution in [0.25, 0.3) is 0 Å². The fourth-order valence-electron chi connectivity index (χ4n) is 1.18. The SMILES string of the molecule is Nc1ccc(S(=O)(=O)Nc2ncc[nH]2)cc1F. The highest BCUT2D eigenvalue weighted by atomic mass is 32.2. The Kier molecular flexibility index (Phi) is 2.72. The van der Waals surface area contributed by atoms with E-state index in [1.54, 1.807) is 0 Å². The number of halogens is 1. The Morgan fingerprint density at radius 3 is 2.76 bits per heavy atom. The van der Waals surface area contributed by atoms with Crippen LogP contribution in [0.5, 0.6) is 0 Å². The molecule has 4 N–H and O–H groups in total. The zero-order chi connectivity index (χ0) is 12.5. The van der Waals surface area contributed by atoms with Gasteiger partial charge in [0.1, 0.15) is 5.82 Å². The molecule has 1 aromatic carbocycles. The maximum absolute atomic E-state index is 13.1. The van der Waals surface area contributed by atoms with E-state index in [4.69, 9.17) is 5.73 Å². The number of nitrogens with two attached hydrogens (primary N) is 1. The molecule has 0 amide bonds. The van der Waals surface area contributed by atoms with Gasteiger partial charge in [-0.3, -0.25) is 0 Å². The lowest BCUT2D eigenvalue weighted by Crippen LogP contribution is -2.14. The van der Waals surface area contributed by atoms with E-state index in [0.717, 1.165) is 6.07 Å². The van der Waals surface area contributed by atoms with Gasteiger partial charge in [-0.05, 0) is 18.2 Å². The van der Waals surface area contributed by atoms with Crippen molar-refractivity contribution < 1.29 is 12.8 Å². The molecule has 2 aromatic rings. The summed E-state index contributed by atoms with van der Waals surface area (Å²) in [4.78, 5) is 6.05. The monoisotopic (exact) mass is 256 g/mol. The van der Waals surface area contributed by atoms with Gasteiger partial charge in [0.05, 0.1) is 10.6 Å². The van der Waals surface area contributed by atoms with Crippen LogP contribution in [-0.2, 0) is 10.0 Å². The summed E-state index contributed by atoms with van der Waals surface area (Å²) in [6.45, 7) is 0. The van der Waals surface area contributed by atoms with Crippen molar-refractivity contribution in [3.05, 3.63) is 36.4 Å². The molecular formula is C9H9FN4O2S. The molecule has 0 saturated heterocycles. The van der Waals surface area contributed by atoms with Gasteiger partial charge in [-0.1, -0.05) is 0 Å². The van der Waals surface area contributed by atoms with E-state index >= 15 is 0 Å². The summed E-state index contributed by atoms with van der Waals surface area (Å²) >= 11 is 0. The first kappa shape index (κ1) is 11.4. The smallest absolute Gasteiger partial charge is 0.264 e. The number of imidazole rings is 1. The molecule has 1 aromatic heterocycles. The highest BCUT2D eigenvalue weighted by molar-refractivity contribution is 7.92. The van der Waals surface area contributed by atoms with Crippen LogP contribution in [0, 0.1) is 5.82 Å². The molecule has 0 radical (unpaired) electrons. The fourth-order valence-corrected chi connectivity index (χ4v) is 2.17. The first-order valence-corrected chi connectivity index (χ1v) is 6.04. The number of nitrogens with one attached hydrogen (secondary N) is 2. The second kappa shape index (κ2) is 4.06. The van der Waals surface area contributed by atoms with E-state index in [1.807, 2.05) is 0 Å². The molecule has 6 nitrogen and oxygen atoms in total. The van der Waals surface area contributed by atoms with Gasteiger partial charge in [-0.15, -0.1) is 0 Å². The first-order chi connectivity index (χ1) is 7.99. The van der Waals surface area contributed by atoms with Crippen molar-refractivity contribution in [2.24, 2.45) is 0 Å². The summed E-state index contributed by atoms with van der Waals surface area (Å²) < 4.78 is 38.9. The highest BCUT2D eigenvalue weighted by Crippen LogP contribution is 2.17. The van der Waals surface area contributed by atoms with Crippen molar-refractivity contribution in [3.8, 4) is 0 Å². The van der Waals surface area contributed by atoms with Crippen molar-refractivity contribution in [1.29, 1.82) is 0 Å². The average molecular weight is 256 g/mol. The number of rotatable bonds is 3. The molecule has 0 atom stereocenters. The van der Waals surface area contributed by atoms with Crippen LogP contribution in [-0.4, -0.2) is 18.4 Å². The van der Waals surface area contributed by atoms with E-state index in [9.17, 15) is 12.8 Å². The average Bonchev–Trinajstić information content (AvgIpc) is 2.73. The molecule has 17 heavy (non-hydrogen) atoms.